The van der Waals surface area contributed by atoms with Gasteiger partial charge in [-0.1, -0.05) is 12.1 Å². The van der Waals surface area contributed by atoms with Crippen LogP contribution in [0.3, 0.4) is 0 Å². The Bertz CT molecular complexity index is 1640. The molecule has 2 aromatic heterocycles. The van der Waals surface area contributed by atoms with E-state index in [0.717, 1.165) is 27.5 Å². The molecule has 0 aliphatic heterocycles. The lowest BCUT2D eigenvalue weighted by atomic mass is 10.1. The third-order valence-corrected chi connectivity index (χ3v) is 6.38. The highest BCUT2D eigenvalue weighted by Gasteiger charge is 2.23. The van der Waals surface area contributed by atoms with Crippen molar-refractivity contribution in [1.29, 1.82) is 0 Å². The van der Waals surface area contributed by atoms with Crippen molar-refractivity contribution in [3.63, 3.8) is 0 Å². The number of thiazole rings is 1. The molecule has 0 atom stereocenters. The fraction of sp³-hybridized carbons (Fsp3) is 0.0417. The number of nitrogens with one attached hydrogen (secondary N) is 1. The first-order valence-corrected chi connectivity index (χ1v) is 11.2. The Morgan fingerprint density at radius 1 is 1.06 bits per heavy atom. The van der Waals surface area contributed by atoms with Crippen LogP contribution in [0.1, 0.15) is 26.3 Å². The van der Waals surface area contributed by atoms with Gasteiger partial charge in [-0.15, -0.1) is 11.3 Å². The number of aromatic carboxylic acids is 1. The number of nitro benzene ring substituents is 1. The Morgan fingerprint density at radius 2 is 1.86 bits per heavy atom. The van der Waals surface area contributed by atoms with Crippen molar-refractivity contribution in [1.82, 2.24) is 9.55 Å². The number of nitro groups is 1. The zero-order valence-corrected chi connectivity index (χ0v) is 18.8. The van der Waals surface area contributed by atoms with E-state index in [1.54, 1.807) is 16.8 Å². The smallest absolute Gasteiger partial charge is 0.335 e. The van der Waals surface area contributed by atoms with Gasteiger partial charge in [0.2, 0.25) is 5.91 Å². The summed E-state index contributed by atoms with van der Waals surface area (Å²) in [5, 5.41) is 28.9. The van der Waals surface area contributed by atoms with Gasteiger partial charge in [-0.2, -0.15) is 0 Å². The molecular weight excluding hydrogens is 470 g/mol. The van der Waals surface area contributed by atoms with Gasteiger partial charge >= 0.3 is 5.97 Å². The largest absolute Gasteiger partial charge is 0.478 e. The quantitative estimate of drug-likeness (QED) is 0.225. The van der Waals surface area contributed by atoms with E-state index in [4.69, 9.17) is 5.73 Å². The number of benzene rings is 3. The van der Waals surface area contributed by atoms with Gasteiger partial charge in [0.05, 0.1) is 21.5 Å². The number of hydrogen-bond acceptors (Lipinski definition) is 7. The van der Waals surface area contributed by atoms with Crippen LogP contribution in [-0.4, -0.2) is 31.5 Å². The van der Waals surface area contributed by atoms with Crippen molar-refractivity contribution < 1.29 is 19.6 Å². The number of carbonyl (C=O) groups excluding carboxylic acids is 1. The van der Waals surface area contributed by atoms with Crippen LogP contribution < -0.4 is 11.1 Å². The van der Waals surface area contributed by atoms with Crippen molar-refractivity contribution >= 4 is 55.8 Å². The molecule has 0 aliphatic carbocycles. The van der Waals surface area contributed by atoms with E-state index < -0.39 is 16.8 Å². The lowest BCUT2D eigenvalue weighted by molar-refractivity contribution is -0.384. The van der Waals surface area contributed by atoms with Gasteiger partial charge < -0.3 is 20.7 Å². The van der Waals surface area contributed by atoms with Crippen LogP contribution >= 0.6 is 11.3 Å². The van der Waals surface area contributed by atoms with Crippen LogP contribution in [0.5, 0.6) is 0 Å². The number of amides is 1. The Morgan fingerprint density at radius 3 is 2.54 bits per heavy atom. The average molecular weight is 487 g/mol. The van der Waals surface area contributed by atoms with E-state index in [2.05, 4.69) is 10.3 Å². The molecule has 10 nitrogen and oxygen atoms in total. The summed E-state index contributed by atoms with van der Waals surface area (Å²) in [6.07, 6.45) is 1.71. The monoisotopic (exact) mass is 487 g/mol. The minimum absolute atomic E-state index is 0.00277. The second-order valence-corrected chi connectivity index (χ2v) is 8.63. The molecule has 0 fully saturated rings. The van der Waals surface area contributed by atoms with Gasteiger partial charge in [-0.3, -0.25) is 14.9 Å². The van der Waals surface area contributed by atoms with Gasteiger partial charge in [-0.05, 0) is 42.0 Å². The van der Waals surface area contributed by atoms with Gasteiger partial charge in [0.25, 0.3) is 5.69 Å². The number of rotatable bonds is 7. The van der Waals surface area contributed by atoms with Crippen LogP contribution in [0.25, 0.3) is 27.5 Å². The number of aromatic nitrogens is 2. The molecule has 0 unspecified atom stereocenters. The van der Waals surface area contributed by atoms with Gasteiger partial charge in [-0.25, -0.2) is 9.78 Å². The van der Waals surface area contributed by atoms with Crippen LogP contribution in [0.15, 0.2) is 66.2 Å². The van der Waals surface area contributed by atoms with Crippen LogP contribution in [0, 0.1) is 10.1 Å². The Kier molecular flexibility index (Phi) is 5.38. The summed E-state index contributed by atoms with van der Waals surface area (Å²) in [4.78, 5) is 38.8. The van der Waals surface area contributed by atoms with Crippen molar-refractivity contribution in [2.24, 2.45) is 5.73 Å². The summed E-state index contributed by atoms with van der Waals surface area (Å²) in [7, 11) is 0. The summed E-state index contributed by atoms with van der Waals surface area (Å²) in [6.45, 7) is 0.511. The van der Waals surface area contributed by atoms with E-state index >= 15 is 0 Å². The molecule has 5 rings (SSSR count). The highest BCUT2D eigenvalue weighted by molar-refractivity contribution is 7.13. The number of nitrogens with two attached hydrogens (primary N) is 1. The molecule has 1 amide bonds. The highest BCUT2D eigenvalue weighted by Crippen LogP contribution is 2.36. The molecule has 0 aliphatic rings. The second kappa shape index (κ2) is 8.54. The van der Waals surface area contributed by atoms with E-state index in [1.807, 2.05) is 23.6 Å². The Balaban J connectivity index is 1.75. The van der Waals surface area contributed by atoms with Gasteiger partial charge in [0.15, 0.2) is 5.13 Å². The zero-order valence-electron chi connectivity index (χ0n) is 18.0. The predicted molar refractivity (Wildman–Crippen MR) is 132 cm³/mol. The van der Waals surface area contributed by atoms with E-state index in [-0.39, 0.29) is 22.5 Å². The van der Waals surface area contributed by atoms with E-state index in [0.29, 0.717) is 17.6 Å². The molecule has 2 heterocycles. The molecule has 35 heavy (non-hydrogen) atoms. The maximum absolute atomic E-state index is 11.9. The molecule has 11 heteroatoms. The molecule has 0 saturated carbocycles. The van der Waals surface area contributed by atoms with Crippen molar-refractivity contribution in [2.45, 2.75) is 6.54 Å². The van der Waals surface area contributed by atoms with Gasteiger partial charge in [0.1, 0.15) is 5.69 Å². The van der Waals surface area contributed by atoms with Gasteiger partial charge in [0, 0.05) is 40.5 Å². The molecular formula is C24H17N5O5S. The Labute approximate surface area is 201 Å². The first-order valence-electron chi connectivity index (χ1n) is 10.4. The van der Waals surface area contributed by atoms with Crippen LogP contribution in [0.4, 0.5) is 10.8 Å². The number of anilines is 1. The normalized spacial score (nSPS) is 11.1. The standard InChI is InChI=1S/C24H17N5O5S/c25-22(30)14-3-6-19(21(10-14)29(33)34)28-18-5-1-13(12-27-24-26-7-8-35-24)9-17(18)16-4-2-15(23(31)32)11-20(16)28/h1-11H,12H2,(H2,25,30)(H,26,27)(H,31,32). The van der Waals surface area contributed by atoms with Crippen LogP contribution in [-0.2, 0) is 6.54 Å². The third kappa shape index (κ3) is 3.93. The molecule has 174 valence electrons. The summed E-state index contributed by atoms with van der Waals surface area (Å²) in [5.74, 6) is -1.90. The van der Waals surface area contributed by atoms with Crippen LogP contribution in [0.2, 0.25) is 0 Å². The van der Waals surface area contributed by atoms with E-state index in [1.165, 1.54) is 35.6 Å². The maximum Gasteiger partial charge on any atom is 0.335 e. The predicted octanol–water partition coefficient (Wildman–Crippen LogP) is 4.56. The number of carboxylic acid groups (broad SMARTS) is 1. The zero-order chi connectivity index (χ0) is 24.7. The molecule has 5 aromatic rings. The number of nitrogens with zero attached hydrogens (tertiary/aromatic N) is 3. The summed E-state index contributed by atoms with van der Waals surface area (Å²) < 4.78 is 1.64. The lowest BCUT2D eigenvalue weighted by Crippen LogP contribution is -2.12. The van der Waals surface area contributed by atoms with E-state index in [9.17, 15) is 24.8 Å². The lowest BCUT2D eigenvalue weighted by Gasteiger charge is -2.10. The molecule has 0 radical (unpaired) electrons. The van der Waals surface area contributed by atoms with Crippen molar-refractivity contribution in [3.05, 3.63) is 93.0 Å². The summed E-state index contributed by atoms with van der Waals surface area (Å²) >= 11 is 1.48. The number of carboxylic acids is 1. The minimum atomic E-state index is -1.12. The fourth-order valence-corrected chi connectivity index (χ4v) is 4.60. The first-order chi connectivity index (χ1) is 16.8. The van der Waals surface area contributed by atoms with Crippen molar-refractivity contribution in [2.75, 3.05) is 5.32 Å². The highest BCUT2D eigenvalue weighted by atomic mass is 32.1. The number of fused-ring (bicyclic) bond motifs is 3. The van der Waals surface area contributed by atoms with Crippen molar-refractivity contribution in [3.8, 4) is 5.69 Å². The fourth-order valence-electron chi connectivity index (χ4n) is 4.07. The SMILES string of the molecule is NC(=O)c1ccc(-n2c3ccc(CNc4nccs4)cc3c3ccc(C(=O)O)cc32)c([N+](=O)[O-])c1. The molecule has 0 bridgehead atoms. The molecule has 4 N–H and O–H groups in total. The molecule has 3 aromatic carbocycles. The number of carbonyl (C=O) groups is 2. The maximum atomic E-state index is 11.9. The summed E-state index contributed by atoms with van der Waals surface area (Å²) in [6, 6.07) is 14.3. The average Bonchev–Trinajstić information content (AvgIpc) is 3.47. The topological polar surface area (TPSA) is 153 Å². The minimum Gasteiger partial charge on any atom is -0.478 e. The molecule has 0 spiro atoms. The summed E-state index contributed by atoms with van der Waals surface area (Å²) in [5.41, 5.74) is 7.32. The molecule has 0 saturated heterocycles. The second-order valence-electron chi connectivity index (χ2n) is 7.74. The first kappa shape index (κ1) is 22.0. The number of hydrogen-bond donors (Lipinski definition) is 3. The third-order valence-electron chi connectivity index (χ3n) is 5.65. The Hall–Kier alpha value is -4.77. The number of primary amides is 1.